The molecule has 0 unspecified atom stereocenters. The smallest absolute Gasteiger partial charge is 0.403 e. The van der Waals surface area contributed by atoms with Crippen molar-refractivity contribution in [3.63, 3.8) is 0 Å². The highest BCUT2D eigenvalue weighted by Gasteiger charge is 2.54. The maximum atomic E-state index is 6.09. The second-order valence-electron chi connectivity index (χ2n) is 5.84. The highest BCUT2D eigenvalue weighted by molar-refractivity contribution is 6.51. The van der Waals surface area contributed by atoms with E-state index in [0.717, 1.165) is 11.4 Å². The van der Waals surface area contributed by atoms with Crippen LogP contribution in [0.15, 0.2) is 33.9 Å². The molecule has 0 aliphatic carbocycles. The summed E-state index contributed by atoms with van der Waals surface area (Å²) in [6, 6.07) is 0. The van der Waals surface area contributed by atoms with Crippen LogP contribution in [0.1, 0.15) is 27.7 Å². The first kappa shape index (κ1) is 11.9. The van der Waals surface area contributed by atoms with E-state index in [-0.39, 0.29) is 24.1 Å². The molecule has 3 aliphatic rings. The van der Waals surface area contributed by atoms with Crippen LogP contribution in [0.5, 0.6) is 0 Å². The van der Waals surface area contributed by atoms with Crippen molar-refractivity contribution in [2.45, 2.75) is 44.7 Å². The van der Waals surface area contributed by atoms with E-state index in [0.29, 0.717) is 0 Å². The third-order valence-corrected chi connectivity index (χ3v) is 4.12. The molecule has 18 heavy (non-hydrogen) atoms. The lowest BCUT2D eigenvalue weighted by Crippen LogP contribution is -2.41. The Bertz CT molecular complexity index is 487. The van der Waals surface area contributed by atoms with Crippen LogP contribution in [0.3, 0.4) is 0 Å². The molecule has 1 atom stereocenters. The summed E-state index contributed by atoms with van der Waals surface area (Å²) in [5.41, 5.74) is 0.469. The van der Waals surface area contributed by atoms with Crippen LogP contribution in [0.4, 0.5) is 0 Å². The fourth-order valence-electron chi connectivity index (χ4n) is 2.29. The Labute approximate surface area is 108 Å². The lowest BCUT2D eigenvalue weighted by atomic mass is 9.67. The zero-order valence-corrected chi connectivity index (χ0v) is 11.2. The zero-order valence-electron chi connectivity index (χ0n) is 11.2. The van der Waals surface area contributed by atoms with Gasteiger partial charge in [-0.05, 0) is 33.8 Å². The Morgan fingerprint density at radius 2 is 1.83 bits per heavy atom. The van der Waals surface area contributed by atoms with Gasteiger partial charge in [0.2, 0.25) is 0 Å². The zero-order chi connectivity index (χ0) is 13.0. The van der Waals surface area contributed by atoms with E-state index in [1.165, 1.54) is 0 Å². The number of aliphatic imine (C=N–C) groups is 2. The molecule has 94 valence electrons. The molecular formula is C13H17BN2O2. The van der Waals surface area contributed by atoms with Crippen LogP contribution in [0.25, 0.3) is 0 Å². The number of nitrogens with zero attached hydrogens (tertiary/aromatic N) is 2. The molecule has 3 aliphatic heterocycles. The van der Waals surface area contributed by atoms with E-state index in [1.807, 2.05) is 12.2 Å². The highest BCUT2D eigenvalue weighted by atomic mass is 16.7. The molecule has 0 bridgehead atoms. The topological polar surface area (TPSA) is 43.2 Å². The van der Waals surface area contributed by atoms with Gasteiger partial charge in [-0.1, -0.05) is 6.08 Å². The van der Waals surface area contributed by atoms with Crippen molar-refractivity contribution in [2.75, 3.05) is 0 Å². The highest BCUT2D eigenvalue weighted by Crippen LogP contribution is 2.43. The predicted octanol–water partition coefficient (Wildman–Crippen LogP) is 2.39. The number of amidine groups is 1. The molecule has 0 aromatic heterocycles. The molecule has 0 saturated carbocycles. The first-order valence-electron chi connectivity index (χ1n) is 6.25. The fourth-order valence-corrected chi connectivity index (χ4v) is 2.29. The molecule has 0 spiro atoms. The number of fused-ring (bicyclic) bond motifs is 1. The van der Waals surface area contributed by atoms with E-state index in [1.54, 1.807) is 12.4 Å². The van der Waals surface area contributed by atoms with Gasteiger partial charge < -0.3 is 9.31 Å². The Morgan fingerprint density at radius 3 is 2.50 bits per heavy atom. The Morgan fingerprint density at radius 1 is 1.17 bits per heavy atom. The summed E-state index contributed by atoms with van der Waals surface area (Å²) in [5, 5.41) is 0. The van der Waals surface area contributed by atoms with Gasteiger partial charge in [0.15, 0.2) is 5.84 Å². The van der Waals surface area contributed by atoms with Gasteiger partial charge in [-0.3, -0.25) is 0 Å². The maximum Gasteiger partial charge on any atom is 0.470 e. The molecule has 0 aromatic rings. The third-order valence-electron chi connectivity index (χ3n) is 4.12. The van der Waals surface area contributed by atoms with E-state index in [9.17, 15) is 0 Å². The average Bonchev–Trinajstić information content (AvgIpc) is 2.81. The van der Waals surface area contributed by atoms with E-state index in [2.05, 4.69) is 37.7 Å². The van der Waals surface area contributed by atoms with Crippen molar-refractivity contribution in [2.24, 2.45) is 9.98 Å². The van der Waals surface area contributed by atoms with Crippen LogP contribution in [-0.4, -0.2) is 30.4 Å². The quantitative estimate of drug-likeness (QED) is 0.664. The number of hydrogen-bond acceptors (Lipinski definition) is 4. The van der Waals surface area contributed by atoms with Crippen molar-refractivity contribution in [3.8, 4) is 0 Å². The summed E-state index contributed by atoms with van der Waals surface area (Å²) >= 11 is 0. The molecule has 5 heteroatoms. The van der Waals surface area contributed by atoms with E-state index in [4.69, 9.17) is 9.31 Å². The van der Waals surface area contributed by atoms with Gasteiger partial charge in [0, 0.05) is 23.8 Å². The minimum absolute atomic E-state index is 0.0704. The molecule has 3 rings (SSSR count). The van der Waals surface area contributed by atoms with E-state index < -0.39 is 0 Å². The summed E-state index contributed by atoms with van der Waals surface area (Å²) in [7, 11) is -0.273. The second kappa shape index (κ2) is 3.65. The predicted molar refractivity (Wildman–Crippen MR) is 73.0 cm³/mol. The third kappa shape index (κ3) is 1.61. The Hall–Kier alpha value is -1.20. The molecule has 1 saturated heterocycles. The molecule has 3 heterocycles. The standard InChI is InChI=1S/C13H17BN2O2/c1-12(2)13(3,4)18-14(17-12)10-6-8-16-11-9(10)5-7-15-11/h5-8,10H,1-4H3/t10-/m1/s1. The second-order valence-corrected chi connectivity index (χ2v) is 5.84. The SMILES string of the molecule is CC1(C)OB([C@@H]2C=CN=C3N=CC=C32)OC1(C)C. The Kier molecular flexibility index (Phi) is 2.41. The summed E-state index contributed by atoms with van der Waals surface area (Å²) < 4.78 is 12.2. The normalized spacial score (nSPS) is 31.3. The van der Waals surface area contributed by atoms with Crippen molar-refractivity contribution in [3.05, 3.63) is 23.9 Å². The molecule has 0 N–H and O–H groups in total. The van der Waals surface area contributed by atoms with Crippen molar-refractivity contribution in [1.82, 2.24) is 0 Å². The first-order chi connectivity index (χ1) is 8.41. The van der Waals surface area contributed by atoms with Crippen LogP contribution >= 0.6 is 0 Å². The van der Waals surface area contributed by atoms with Crippen LogP contribution in [0.2, 0.25) is 5.82 Å². The van der Waals surface area contributed by atoms with Gasteiger partial charge >= 0.3 is 7.12 Å². The van der Waals surface area contributed by atoms with Gasteiger partial charge in [0.1, 0.15) is 0 Å². The van der Waals surface area contributed by atoms with Gasteiger partial charge in [-0.25, -0.2) is 9.98 Å². The lowest BCUT2D eigenvalue weighted by molar-refractivity contribution is 0.00578. The van der Waals surface area contributed by atoms with Crippen LogP contribution in [-0.2, 0) is 9.31 Å². The van der Waals surface area contributed by atoms with Crippen LogP contribution < -0.4 is 0 Å². The van der Waals surface area contributed by atoms with Gasteiger partial charge in [0.25, 0.3) is 0 Å². The molecule has 0 amide bonds. The van der Waals surface area contributed by atoms with Crippen LogP contribution in [0, 0.1) is 0 Å². The minimum Gasteiger partial charge on any atom is -0.403 e. The monoisotopic (exact) mass is 244 g/mol. The van der Waals surface area contributed by atoms with Gasteiger partial charge in [-0.2, -0.15) is 0 Å². The summed E-state index contributed by atoms with van der Waals surface area (Å²) in [5.74, 6) is 0.846. The summed E-state index contributed by atoms with van der Waals surface area (Å²) in [6.07, 6.45) is 7.56. The van der Waals surface area contributed by atoms with Crippen molar-refractivity contribution < 1.29 is 9.31 Å². The number of hydrogen-bond donors (Lipinski definition) is 0. The lowest BCUT2D eigenvalue weighted by Gasteiger charge is -2.32. The molecule has 0 radical (unpaired) electrons. The molecular weight excluding hydrogens is 227 g/mol. The number of allylic oxidation sites excluding steroid dienone is 2. The molecule has 1 fully saturated rings. The van der Waals surface area contributed by atoms with E-state index >= 15 is 0 Å². The molecule has 4 nitrogen and oxygen atoms in total. The minimum atomic E-state index is -0.305. The van der Waals surface area contributed by atoms with Crippen molar-refractivity contribution >= 4 is 19.2 Å². The summed E-state index contributed by atoms with van der Waals surface area (Å²) in [6.45, 7) is 8.25. The largest absolute Gasteiger partial charge is 0.470 e. The maximum absolute atomic E-state index is 6.09. The summed E-state index contributed by atoms with van der Waals surface area (Å²) in [4.78, 5) is 8.47. The van der Waals surface area contributed by atoms with Gasteiger partial charge in [-0.15, -0.1) is 0 Å². The first-order valence-corrected chi connectivity index (χ1v) is 6.25. The number of rotatable bonds is 1. The Balaban J connectivity index is 1.87. The molecule has 0 aromatic carbocycles. The van der Waals surface area contributed by atoms with Gasteiger partial charge in [0.05, 0.1) is 11.2 Å². The average molecular weight is 244 g/mol. The fraction of sp³-hybridized carbons (Fsp3) is 0.538. The van der Waals surface area contributed by atoms with Crippen molar-refractivity contribution in [1.29, 1.82) is 0 Å².